The average molecular weight is 376 g/mol. The number of amides is 1. The van der Waals surface area contributed by atoms with Gasteiger partial charge in [0.2, 0.25) is 5.91 Å². The first kappa shape index (κ1) is 18.6. The Morgan fingerprint density at radius 3 is 2.69 bits per heavy atom. The molecule has 1 heterocycles. The van der Waals surface area contributed by atoms with Gasteiger partial charge in [0.1, 0.15) is 17.3 Å². The Morgan fingerprint density at radius 2 is 2.08 bits per heavy atom. The molecule has 1 N–H and O–H groups in total. The molecule has 26 heavy (non-hydrogen) atoms. The fourth-order valence-electron chi connectivity index (χ4n) is 2.72. The molecular weight excluding hydrogens is 352 g/mol. The van der Waals surface area contributed by atoms with Gasteiger partial charge in [0.25, 0.3) is 0 Å². The summed E-state index contributed by atoms with van der Waals surface area (Å²) in [6, 6.07) is 5.56. The van der Waals surface area contributed by atoms with E-state index in [1.807, 2.05) is 0 Å². The molecule has 0 spiro atoms. The van der Waals surface area contributed by atoms with Gasteiger partial charge < -0.3 is 19.4 Å². The second kappa shape index (κ2) is 7.99. The fraction of sp³-hybridized carbons (Fsp3) is 0.500. The molecule has 0 unspecified atom stereocenters. The Balaban J connectivity index is 1.66. The van der Waals surface area contributed by atoms with Gasteiger partial charge in [-0.05, 0) is 38.8 Å². The third-order valence-corrected chi connectivity index (χ3v) is 5.11. The van der Waals surface area contributed by atoms with E-state index >= 15 is 0 Å². The van der Waals surface area contributed by atoms with Crippen LogP contribution in [0.2, 0.25) is 0 Å². The second-order valence-electron chi connectivity index (χ2n) is 6.48. The number of nitrogens with one attached hydrogen (secondary N) is 1. The van der Waals surface area contributed by atoms with Crippen LogP contribution < -0.4 is 14.8 Å². The van der Waals surface area contributed by atoms with E-state index in [2.05, 4.69) is 33.9 Å². The SMILES string of the molecule is COc1ccc(OC)c(NC(=O)CSc2nnc(C3CC3)n2C(C)C)c1. The van der Waals surface area contributed by atoms with Crippen LogP contribution in [0.4, 0.5) is 5.69 Å². The minimum absolute atomic E-state index is 0.132. The topological polar surface area (TPSA) is 78.3 Å². The van der Waals surface area contributed by atoms with Crippen LogP contribution in [-0.2, 0) is 4.79 Å². The maximum absolute atomic E-state index is 12.4. The highest BCUT2D eigenvalue weighted by Gasteiger charge is 2.31. The average Bonchev–Trinajstić information content (AvgIpc) is 3.38. The number of methoxy groups -OCH3 is 2. The van der Waals surface area contributed by atoms with Crippen LogP contribution in [0.5, 0.6) is 11.5 Å². The minimum atomic E-state index is -0.132. The van der Waals surface area contributed by atoms with Crippen molar-refractivity contribution in [3.8, 4) is 11.5 Å². The molecule has 1 aromatic heterocycles. The highest BCUT2D eigenvalue weighted by Crippen LogP contribution is 2.41. The van der Waals surface area contributed by atoms with Crippen molar-refractivity contribution in [3.63, 3.8) is 0 Å². The lowest BCUT2D eigenvalue weighted by Gasteiger charge is -2.14. The maximum atomic E-state index is 12.4. The van der Waals surface area contributed by atoms with Gasteiger partial charge in [-0.2, -0.15) is 0 Å². The molecule has 1 amide bonds. The zero-order valence-corrected chi connectivity index (χ0v) is 16.3. The summed E-state index contributed by atoms with van der Waals surface area (Å²) in [4.78, 5) is 12.4. The quantitative estimate of drug-likeness (QED) is 0.711. The number of rotatable bonds is 8. The number of hydrogen-bond acceptors (Lipinski definition) is 6. The first-order chi connectivity index (χ1) is 12.5. The fourth-order valence-corrected chi connectivity index (χ4v) is 3.59. The van der Waals surface area contributed by atoms with Gasteiger partial charge in [0.05, 0.1) is 25.7 Å². The number of carbonyl (C=O) groups excluding carboxylic acids is 1. The van der Waals surface area contributed by atoms with Gasteiger partial charge in [0.15, 0.2) is 5.16 Å². The molecule has 0 bridgehead atoms. The molecule has 1 fully saturated rings. The summed E-state index contributed by atoms with van der Waals surface area (Å²) in [6.07, 6.45) is 2.34. The van der Waals surface area contributed by atoms with E-state index < -0.39 is 0 Å². The van der Waals surface area contributed by atoms with Crippen molar-refractivity contribution < 1.29 is 14.3 Å². The number of thioether (sulfide) groups is 1. The number of benzene rings is 1. The van der Waals surface area contributed by atoms with Gasteiger partial charge in [-0.15, -0.1) is 10.2 Å². The first-order valence-corrected chi connectivity index (χ1v) is 9.61. The number of ether oxygens (including phenoxy) is 2. The van der Waals surface area contributed by atoms with Gasteiger partial charge in [0, 0.05) is 18.0 Å². The molecule has 0 atom stereocenters. The first-order valence-electron chi connectivity index (χ1n) is 8.63. The summed E-state index contributed by atoms with van der Waals surface area (Å²) in [6.45, 7) is 4.22. The lowest BCUT2D eigenvalue weighted by atomic mass is 10.2. The van der Waals surface area contributed by atoms with Crippen molar-refractivity contribution in [2.24, 2.45) is 0 Å². The third-order valence-electron chi connectivity index (χ3n) is 4.16. The Bertz CT molecular complexity index is 787. The molecule has 0 aliphatic heterocycles. The summed E-state index contributed by atoms with van der Waals surface area (Å²) in [5, 5.41) is 12.3. The van der Waals surface area contributed by atoms with Crippen LogP contribution in [-0.4, -0.2) is 40.6 Å². The van der Waals surface area contributed by atoms with Crippen molar-refractivity contribution >= 4 is 23.4 Å². The molecule has 3 rings (SSSR count). The van der Waals surface area contributed by atoms with E-state index in [9.17, 15) is 4.79 Å². The van der Waals surface area contributed by atoms with Crippen molar-refractivity contribution in [3.05, 3.63) is 24.0 Å². The van der Waals surface area contributed by atoms with E-state index in [0.717, 1.165) is 11.0 Å². The number of aromatic nitrogens is 3. The molecule has 1 aliphatic carbocycles. The zero-order valence-electron chi connectivity index (χ0n) is 15.5. The predicted molar refractivity (Wildman–Crippen MR) is 101 cm³/mol. The van der Waals surface area contributed by atoms with Crippen LogP contribution in [0.25, 0.3) is 0 Å². The minimum Gasteiger partial charge on any atom is -0.497 e. The molecule has 8 heteroatoms. The van der Waals surface area contributed by atoms with Gasteiger partial charge in [-0.25, -0.2) is 0 Å². The smallest absolute Gasteiger partial charge is 0.234 e. The number of anilines is 1. The largest absolute Gasteiger partial charge is 0.497 e. The monoisotopic (exact) mass is 376 g/mol. The maximum Gasteiger partial charge on any atom is 0.234 e. The summed E-state index contributed by atoms with van der Waals surface area (Å²) >= 11 is 1.40. The predicted octanol–water partition coefficient (Wildman–Crippen LogP) is 3.48. The number of carbonyl (C=O) groups is 1. The van der Waals surface area contributed by atoms with E-state index in [4.69, 9.17) is 9.47 Å². The summed E-state index contributed by atoms with van der Waals surface area (Å²) in [5.74, 6) is 2.92. The number of hydrogen-bond donors (Lipinski definition) is 1. The molecular formula is C18H24N4O3S. The standard InChI is InChI=1S/C18H24N4O3S/c1-11(2)22-17(12-5-6-12)20-21-18(22)26-10-16(23)19-14-9-13(24-3)7-8-15(14)25-4/h7-9,11-12H,5-6,10H2,1-4H3,(H,19,23). The Kier molecular flexibility index (Phi) is 5.70. The Hall–Kier alpha value is -2.22. The Labute approximate surface area is 157 Å². The van der Waals surface area contributed by atoms with Gasteiger partial charge in [-0.1, -0.05) is 11.8 Å². The highest BCUT2D eigenvalue weighted by atomic mass is 32.2. The normalized spacial score (nSPS) is 13.7. The van der Waals surface area contributed by atoms with Crippen molar-refractivity contribution in [1.82, 2.24) is 14.8 Å². The van der Waals surface area contributed by atoms with Crippen molar-refractivity contribution in [2.45, 2.75) is 43.8 Å². The Morgan fingerprint density at radius 1 is 1.31 bits per heavy atom. The molecule has 2 aromatic rings. The third kappa shape index (κ3) is 4.12. The van der Waals surface area contributed by atoms with Gasteiger partial charge in [-0.3, -0.25) is 4.79 Å². The molecule has 0 radical (unpaired) electrons. The molecule has 1 saturated carbocycles. The van der Waals surface area contributed by atoms with Crippen LogP contribution in [0.15, 0.2) is 23.4 Å². The van der Waals surface area contributed by atoms with Crippen LogP contribution in [0.1, 0.15) is 44.5 Å². The molecule has 1 aromatic carbocycles. The van der Waals surface area contributed by atoms with Crippen LogP contribution >= 0.6 is 11.8 Å². The molecule has 1 aliphatic rings. The van der Waals surface area contributed by atoms with E-state index in [1.54, 1.807) is 32.4 Å². The molecule has 140 valence electrons. The van der Waals surface area contributed by atoms with E-state index in [1.165, 1.54) is 24.6 Å². The van der Waals surface area contributed by atoms with E-state index in [0.29, 0.717) is 23.1 Å². The van der Waals surface area contributed by atoms with Crippen LogP contribution in [0.3, 0.4) is 0 Å². The molecule has 0 saturated heterocycles. The number of nitrogens with zero attached hydrogens (tertiary/aromatic N) is 3. The summed E-state index contributed by atoms with van der Waals surface area (Å²) in [5.41, 5.74) is 0.585. The highest BCUT2D eigenvalue weighted by molar-refractivity contribution is 7.99. The van der Waals surface area contributed by atoms with E-state index in [-0.39, 0.29) is 17.7 Å². The van der Waals surface area contributed by atoms with Gasteiger partial charge >= 0.3 is 0 Å². The summed E-state index contributed by atoms with van der Waals surface area (Å²) in [7, 11) is 3.15. The van der Waals surface area contributed by atoms with Crippen molar-refractivity contribution in [1.29, 1.82) is 0 Å². The zero-order chi connectivity index (χ0) is 18.7. The van der Waals surface area contributed by atoms with Crippen molar-refractivity contribution in [2.75, 3.05) is 25.3 Å². The lowest BCUT2D eigenvalue weighted by molar-refractivity contribution is -0.113. The second-order valence-corrected chi connectivity index (χ2v) is 7.42. The molecule has 7 nitrogen and oxygen atoms in total. The summed E-state index contributed by atoms with van der Waals surface area (Å²) < 4.78 is 12.6. The lowest BCUT2D eigenvalue weighted by Crippen LogP contribution is -2.16. The van der Waals surface area contributed by atoms with Crippen LogP contribution in [0, 0.1) is 0 Å².